The molecule has 2 aromatic rings. The van der Waals surface area contributed by atoms with Crippen molar-refractivity contribution in [3.05, 3.63) is 42.1 Å². The summed E-state index contributed by atoms with van der Waals surface area (Å²) in [5.74, 6) is 1.14. The molecule has 5 aliphatic rings. The summed E-state index contributed by atoms with van der Waals surface area (Å²) in [6.07, 6.45) is 9.23. The number of likely N-dealkylation sites (tertiary alicyclic amines) is 1. The molecule has 0 aliphatic carbocycles. The van der Waals surface area contributed by atoms with Crippen LogP contribution in [-0.2, 0) is 10.2 Å². The quantitative estimate of drug-likeness (QED) is 0.370. The van der Waals surface area contributed by atoms with Gasteiger partial charge in [-0.3, -0.25) is 4.79 Å². The fourth-order valence-corrected chi connectivity index (χ4v) is 10.9. The molecule has 15 heteroatoms. The van der Waals surface area contributed by atoms with E-state index in [1.807, 2.05) is 27.7 Å². The average molecular weight is 763 g/mol. The Morgan fingerprint density at radius 1 is 0.962 bits per heavy atom. The molecule has 1 amide bonds. The first-order valence-corrected chi connectivity index (χ1v) is 20.3. The van der Waals surface area contributed by atoms with Gasteiger partial charge in [-0.2, -0.15) is 17.0 Å². The highest BCUT2D eigenvalue weighted by Gasteiger charge is 2.47. The summed E-state index contributed by atoms with van der Waals surface area (Å²) in [4.78, 5) is 28.9. The molecule has 0 radical (unpaired) electrons. The van der Waals surface area contributed by atoms with E-state index in [2.05, 4.69) is 25.1 Å². The Bertz CT molecular complexity index is 1660. The Labute approximate surface area is 315 Å². The third-order valence-electron chi connectivity index (χ3n) is 12.0. The molecule has 12 nitrogen and oxygen atoms in total. The maximum atomic E-state index is 14.4. The third kappa shape index (κ3) is 7.93. The van der Waals surface area contributed by atoms with Crippen LogP contribution in [0.2, 0.25) is 0 Å². The van der Waals surface area contributed by atoms with Crippen molar-refractivity contribution in [1.29, 1.82) is 0 Å². The normalized spacial score (nSPS) is 22.6. The Morgan fingerprint density at radius 3 is 2.29 bits per heavy atom. The van der Waals surface area contributed by atoms with E-state index in [1.165, 1.54) is 24.5 Å². The average Bonchev–Trinajstić information content (AvgIpc) is 3.08. The Balaban J connectivity index is 0.00000464. The van der Waals surface area contributed by atoms with Gasteiger partial charge in [0.05, 0.1) is 11.8 Å². The summed E-state index contributed by atoms with van der Waals surface area (Å²) in [5.41, 5.74) is 0.536. The molecular weight excluding hydrogens is 707 g/mol. The Morgan fingerprint density at radius 2 is 1.65 bits per heavy atom. The molecule has 52 heavy (non-hydrogen) atoms. The lowest BCUT2D eigenvalue weighted by Gasteiger charge is -2.55. The molecular formula is C37H56ClFN8O4S. The zero-order chi connectivity index (χ0) is 36.0. The lowest BCUT2D eigenvalue weighted by atomic mass is 9.72. The lowest BCUT2D eigenvalue weighted by molar-refractivity contribution is 0.0593. The molecule has 6 heterocycles. The van der Waals surface area contributed by atoms with Crippen molar-refractivity contribution in [2.45, 2.75) is 78.3 Å². The molecule has 5 saturated heterocycles. The third-order valence-corrected chi connectivity index (χ3v) is 14.0. The lowest BCUT2D eigenvalue weighted by Crippen LogP contribution is -2.63. The van der Waals surface area contributed by atoms with Crippen molar-refractivity contribution < 1.29 is 22.3 Å². The molecule has 2 spiro atoms. The number of piperidine rings is 3. The summed E-state index contributed by atoms with van der Waals surface area (Å²) in [7, 11) is -3.40. The van der Waals surface area contributed by atoms with Gasteiger partial charge in [0, 0.05) is 81.8 Å². The molecule has 1 aromatic carbocycles. The Kier molecular flexibility index (Phi) is 11.7. The van der Waals surface area contributed by atoms with Crippen LogP contribution in [0.25, 0.3) is 0 Å². The molecule has 1 aromatic heterocycles. The maximum absolute atomic E-state index is 14.4. The van der Waals surface area contributed by atoms with Gasteiger partial charge in [0.1, 0.15) is 17.9 Å². The van der Waals surface area contributed by atoms with Gasteiger partial charge < -0.3 is 24.8 Å². The van der Waals surface area contributed by atoms with Crippen LogP contribution >= 0.6 is 12.4 Å². The number of halogens is 2. The number of hydrogen-bond donors (Lipinski definition) is 1. The molecule has 5 fully saturated rings. The van der Waals surface area contributed by atoms with Crippen LogP contribution in [0.4, 0.5) is 10.2 Å². The van der Waals surface area contributed by atoms with Crippen LogP contribution in [0.15, 0.2) is 30.7 Å². The second-order valence-electron chi connectivity index (χ2n) is 16.4. The zero-order valence-electron chi connectivity index (χ0n) is 31.1. The van der Waals surface area contributed by atoms with Crippen molar-refractivity contribution in [3.63, 3.8) is 0 Å². The smallest absolute Gasteiger partial charge is 0.281 e. The molecule has 1 N–H and O–H groups in total. The van der Waals surface area contributed by atoms with E-state index >= 15 is 0 Å². The van der Waals surface area contributed by atoms with Crippen molar-refractivity contribution >= 4 is 34.3 Å². The van der Waals surface area contributed by atoms with E-state index in [-0.39, 0.29) is 52.5 Å². The van der Waals surface area contributed by atoms with Gasteiger partial charge in [0.25, 0.3) is 16.1 Å². The van der Waals surface area contributed by atoms with Gasteiger partial charge in [-0.15, -0.1) is 12.4 Å². The van der Waals surface area contributed by atoms with E-state index in [1.54, 1.807) is 19.7 Å². The van der Waals surface area contributed by atoms with Gasteiger partial charge in [-0.1, -0.05) is 0 Å². The first-order valence-electron chi connectivity index (χ1n) is 18.9. The predicted octanol–water partition coefficient (Wildman–Crippen LogP) is 4.63. The minimum absolute atomic E-state index is 0. The van der Waals surface area contributed by atoms with Crippen molar-refractivity contribution in [1.82, 2.24) is 33.7 Å². The fourth-order valence-electron chi connectivity index (χ4n) is 9.12. The highest BCUT2D eigenvalue weighted by molar-refractivity contribution is 7.86. The van der Waals surface area contributed by atoms with Crippen LogP contribution in [-0.4, -0.2) is 127 Å². The summed E-state index contributed by atoms with van der Waals surface area (Å²) >= 11 is 0. The van der Waals surface area contributed by atoms with Gasteiger partial charge in [0.15, 0.2) is 11.6 Å². The number of hydrogen-bond acceptors (Lipinski definition) is 9. The predicted molar refractivity (Wildman–Crippen MR) is 202 cm³/mol. The molecule has 288 valence electrons. The van der Waals surface area contributed by atoms with Gasteiger partial charge in [-0.05, 0) is 103 Å². The first kappa shape index (κ1) is 39.1. The van der Waals surface area contributed by atoms with Crippen molar-refractivity contribution in [2.75, 3.05) is 76.9 Å². The summed E-state index contributed by atoms with van der Waals surface area (Å²) in [6.45, 7) is 17.0. The number of nitrogens with one attached hydrogen (secondary N) is 1. The van der Waals surface area contributed by atoms with E-state index in [4.69, 9.17) is 4.74 Å². The molecule has 0 saturated carbocycles. The number of nitrogens with zero attached hydrogens (tertiary/aromatic N) is 7. The number of ether oxygens (including phenoxy) is 1. The molecule has 0 bridgehead atoms. The SMILES string of the molecule is CC(C)N(C(=O)c1cc(F)ccc1Oc1cncnc1N1CC2(CCN(CC3CCN(S(=O)(=O)N4CCCC5(CNC5)C4)CC3)CC2)C1)C(C)C.Cl. The molecule has 0 atom stereocenters. The number of aromatic nitrogens is 2. The number of anilines is 1. The number of carbonyl (C=O) groups is 1. The first-order chi connectivity index (χ1) is 24.4. The van der Waals surface area contributed by atoms with E-state index in [0.29, 0.717) is 43.7 Å². The summed E-state index contributed by atoms with van der Waals surface area (Å²) in [5, 5.41) is 3.34. The topological polar surface area (TPSA) is 114 Å². The monoisotopic (exact) mass is 762 g/mol. The van der Waals surface area contributed by atoms with E-state index < -0.39 is 16.0 Å². The molecule has 0 unspecified atom stereocenters. The van der Waals surface area contributed by atoms with Gasteiger partial charge in [-0.25, -0.2) is 14.4 Å². The number of rotatable bonds is 10. The van der Waals surface area contributed by atoms with Crippen LogP contribution in [0.1, 0.15) is 76.6 Å². The van der Waals surface area contributed by atoms with Crippen LogP contribution in [0.5, 0.6) is 11.5 Å². The second-order valence-corrected chi connectivity index (χ2v) is 18.3. The molecule has 7 rings (SSSR count). The second kappa shape index (κ2) is 15.6. The van der Waals surface area contributed by atoms with Crippen molar-refractivity contribution in [3.8, 4) is 11.5 Å². The maximum Gasteiger partial charge on any atom is 0.281 e. The zero-order valence-corrected chi connectivity index (χ0v) is 32.7. The van der Waals surface area contributed by atoms with Gasteiger partial charge in [0.2, 0.25) is 0 Å². The van der Waals surface area contributed by atoms with Crippen LogP contribution in [0.3, 0.4) is 0 Å². The van der Waals surface area contributed by atoms with E-state index in [0.717, 1.165) is 84.3 Å². The van der Waals surface area contributed by atoms with Crippen LogP contribution in [0, 0.1) is 22.6 Å². The molecule has 5 aliphatic heterocycles. The van der Waals surface area contributed by atoms with Gasteiger partial charge >= 0.3 is 0 Å². The Hall–Kier alpha value is -2.62. The minimum Gasteiger partial charge on any atom is -0.451 e. The van der Waals surface area contributed by atoms with Crippen molar-refractivity contribution in [2.24, 2.45) is 16.7 Å². The van der Waals surface area contributed by atoms with Crippen LogP contribution < -0.4 is 15.0 Å². The number of benzene rings is 1. The number of amides is 1. The highest BCUT2D eigenvalue weighted by Crippen LogP contribution is 2.45. The fraction of sp³-hybridized carbons (Fsp3) is 0.703. The standard InChI is InChI=1S/C37H55FN8O4S.ClH/c1-27(2)46(28(3)4)35(47)31-18-30(38)6-7-32(31)50-33-19-39-26-41-34(33)43-23-36(24-43)11-16-42(17-12-36)20-29-8-14-44(15-9-29)51(48,49)45-13-5-10-37(25-45)21-40-22-37;/h6-7,18-19,26-29,40H,5,8-17,20-25H2,1-4H3;1H. The minimum atomic E-state index is -3.40. The largest absolute Gasteiger partial charge is 0.451 e. The summed E-state index contributed by atoms with van der Waals surface area (Å²) in [6, 6.07) is 3.93. The highest BCUT2D eigenvalue weighted by atomic mass is 35.5. The number of carbonyl (C=O) groups excluding carboxylic acids is 1. The summed E-state index contributed by atoms with van der Waals surface area (Å²) < 4.78 is 51.2. The van der Waals surface area contributed by atoms with E-state index in [9.17, 15) is 17.6 Å².